The average Bonchev–Trinajstić information content (AvgIpc) is 2.35. The van der Waals surface area contributed by atoms with Gasteiger partial charge < -0.3 is 4.74 Å². The van der Waals surface area contributed by atoms with E-state index in [2.05, 4.69) is 38.0 Å². The van der Waals surface area contributed by atoms with Gasteiger partial charge in [-0.3, -0.25) is 0 Å². The highest BCUT2D eigenvalue weighted by Crippen LogP contribution is 2.29. The van der Waals surface area contributed by atoms with Gasteiger partial charge in [0.15, 0.2) is 0 Å². The molecule has 0 aliphatic heterocycles. The number of benzene rings is 1. The molecule has 0 aliphatic carbocycles. The zero-order valence-electron chi connectivity index (χ0n) is 11.5. The normalized spacial score (nSPS) is 13.4. The van der Waals surface area contributed by atoms with Crippen LogP contribution in [0.2, 0.25) is 0 Å². The molecule has 1 aromatic carbocycles. The minimum atomic E-state index is -0.0456. The molecular weight excluding hydrogens is 220 g/mol. The molecular formula is C17H22O. The van der Waals surface area contributed by atoms with Crippen LogP contribution < -0.4 is 0 Å². The van der Waals surface area contributed by atoms with Crippen molar-refractivity contribution in [1.82, 2.24) is 0 Å². The van der Waals surface area contributed by atoms with Crippen molar-refractivity contribution in [2.24, 2.45) is 5.41 Å². The lowest BCUT2D eigenvalue weighted by molar-refractivity contribution is -0.00191. The van der Waals surface area contributed by atoms with Crippen LogP contribution in [0.25, 0.3) is 0 Å². The van der Waals surface area contributed by atoms with Gasteiger partial charge in [-0.15, -0.1) is 12.3 Å². The zero-order valence-corrected chi connectivity index (χ0v) is 11.5. The van der Waals surface area contributed by atoms with Crippen LogP contribution in [0.3, 0.4) is 0 Å². The fraction of sp³-hybridized carbons (Fsp3) is 0.412. The average molecular weight is 242 g/mol. The summed E-state index contributed by atoms with van der Waals surface area (Å²) in [4.78, 5) is 0. The van der Waals surface area contributed by atoms with Gasteiger partial charge >= 0.3 is 0 Å². The number of terminal acetylenes is 1. The van der Waals surface area contributed by atoms with E-state index in [1.807, 2.05) is 31.2 Å². The van der Waals surface area contributed by atoms with Gasteiger partial charge in [-0.2, -0.15) is 0 Å². The second-order valence-corrected chi connectivity index (χ2v) is 5.11. The van der Waals surface area contributed by atoms with Gasteiger partial charge in [0.05, 0.1) is 12.7 Å². The third-order valence-electron chi connectivity index (χ3n) is 2.97. The predicted molar refractivity (Wildman–Crippen MR) is 77.1 cm³/mol. The first-order valence-corrected chi connectivity index (χ1v) is 6.32. The number of hydrogen-bond acceptors (Lipinski definition) is 1. The molecule has 0 spiro atoms. The molecule has 0 fully saturated rings. The van der Waals surface area contributed by atoms with E-state index in [4.69, 9.17) is 11.2 Å². The molecule has 0 saturated heterocycles. The van der Waals surface area contributed by atoms with Crippen LogP contribution >= 0.6 is 0 Å². The van der Waals surface area contributed by atoms with Crippen molar-refractivity contribution in [2.75, 3.05) is 0 Å². The van der Waals surface area contributed by atoms with Gasteiger partial charge in [-0.25, -0.2) is 0 Å². The summed E-state index contributed by atoms with van der Waals surface area (Å²) in [5, 5.41) is 0. The first-order valence-electron chi connectivity index (χ1n) is 6.32. The van der Waals surface area contributed by atoms with Crippen molar-refractivity contribution in [3.8, 4) is 12.3 Å². The zero-order chi connectivity index (χ0) is 13.4. The molecule has 0 aromatic heterocycles. The van der Waals surface area contributed by atoms with E-state index in [0.717, 1.165) is 0 Å². The van der Waals surface area contributed by atoms with Gasteiger partial charge in [0, 0.05) is 11.8 Å². The van der Waals surface area contributed by atoms with Crippen LogP contribution in [0.15, 0.2) is 42.5 Å². The standard InChI is InChI=1S/C17H22O/c1-5-10-16(17(3,4)13-6-2)18-14-15-11-8-7-9-12-15/h2,5,7-12,16H,13-14H2,1,3-4H3/t16-/m0/s1. The molecule has 0 aliphatic rings. The van der Waals surface area contributed by atoms with Crippen LogP contribution in [0.1, 0.15) is 32.8 Å². The molecule has 0 saturated carbocycles. The molecule has 96 valence electrons. The lowest BCUT2D eigenvalue weighted by Gasteiger charge is -2.30. The summed E-state index contributed by atoms with van der Waals surface area (Å²) in [5.74, 6) is 2.73. The van der Waals surface area contributed by atoms with Crippen LogP contribution in [0.5, 0.6) is 0 Å². The molecule has 1 aromatic rings. The minimum Gasteiger partial charge on any atom is -0.369 e. The predicted octanol–water partition coefficient (Wildman–Crippen LogP) is 4.20. The van der Waals surface area contributed by atoms with E-state index in [1.165, 1.54) is 5.56 Å². The van der Waals surface area contributed by atoms with Gasteiger partial charge in [0.25, 0.3) is 0 Å². The van der Waals surface area contributed by atoms with Crippen LogP contribution in [-0.4, -0.2) is 6.10 Å². The summed E-state index contributed by atoms with van der Waals surface area (Å²) in [6.07, 6.45) is 10.3. The number of ether oxygens (including phenoxy) is 1. The lowest BCUT2D eigenvalue weighted by atomic mass is 9.83. The van der Waals surface area contributed by atoms with Crippen LogP contribution in [0, 0.1) is 17.8 Å². The summed E-state index contributed by atoms with van der Waals surface area (Å²) >= 11 is 0. The summed E-state index contributed by atoms with van der Waals surface area (Å²) in [6, 6.07) is 10.2. The number of hydrogen-bond donors (Lipinski definition) is 0. The van der Waals surface area contributed by atoms with Gasteiger partial charge in [-0.05, 0) is 12.5 Å². The van der Waals surface area contributed by atoms with Crippen LogP contribution in [0.4, 0.5) is 0 Å². The van der Waals surface area contributed by atoms with Gasteiger partial charge in [-0.1, -0.05) is 56.3 Å². The molecule has 0 heterocycles. The maximum Gasteiger partial charge on any atom is 0.0820 e. The summed E-state index contributed by atoms with van der Waals surface area (Å²) in [5.41, 5.74) is 1.14. The highest BCUT2D eigenvalue weighted by Gasteiger charge is 2.27. The van der Waals surface area contributed by atoms with E-state index in [9.17, 15) is 0 Å². The van der Waals surface area contributed by atoms with E-state index < -0.39 is 0 Å². The lowest BCUT2D eigenvalue weighted by Crippen LogP contribution is -2.30. The summed E-state index contributed by atoms with van der Waals surface area (Å²) < 4.78 is 6.00. The summed E-state index contributed by atoms with van der Waals surface area (Å²) in [7, 11) is 0. The Kier molecular flexibility index (Phi) is 5.68. The molecule has 1 heteroatoms. The molecule has 0 radical (unpaired) electrons. The monoisotopic (exact) mass is 242 g/mol. The van der Waals surface area contributed by atoms with Crippen molar-refractivity contribution in [3.63, 3.8) is 0 Å². The molecule has 18 heavy (non-hydrogen) atoms. The molecule has 1 nitrogen and oxygen atoms in total. The SMILES string of the molecule is C#CCC(C)(C)[C@H](C=CC)OCc1ccccc1. The van der Waals surface area contributed by atoms with E-state index in [-0.39, 0.29) is 11.5 Å². The summed E-state index contributed by atoms with van der Waals surface area (Å²) in [6.45, 7) is 6.90. The van der Waals surface area contributed by atoms with Crippen molar-refractivity contribution in [3.05, 3.63) is 48.0 Å². The molecule has 0 bridgehead atoms. The fourth-order valence-electron chi connectivity index (χ4n) is 1.84. The third kappa shape index (κ3) is 4.39. The maximum absolute atomic E-state index is 6.00. The van der Waals surface area contributed by atoms with Crippen molar-refractivity contribution in [2.45, 2.75) is 39.9 Å². The Bertz CT molecular complexity index is 409. The molecule has 0 amide bonds. The van der Waals surface area contributed by atoms with Crippen molar-refractivity contribution >= 4 is 0 Å². The van der Waals surface area contributed by atoms with Crippen molar-refractivity contribution < 1.29 is 4.74 Å². The Morgan fingerprint density at radius 2 is 2.00 bits per heavy atom. The quantitative estimate of drug-likeness (QED) is 0.536. The first-order chi connectivity index (χ1) is 8.60. The second kappa shape index (κ2) is 7.03. The largest absolute Gasteiger partial charge is 0.369 e. The Morgan fingerprint density at radius 1 is 1.33 bits per heavy atom. The van der Waals surface area contributed by atoms with Crippen LogP contribution in [-0.2, 0) is 11.3 Å². The highest BCUT2D eigenvalue weighted by atomic mass is 16.5. The highest BCUT2D eigenvalue weighted by molar-refractivity contribution is 5.13. The molecule has 0 unspecified atom stereocenters. The molecule has 1 atom stereocenters. The van der Waals surface area contributed by atoms with E-state index in [0.29, 0.717) is 13.0 Å². The Morgan fingerprint density at radius 3 is 2.56 bits per heavy atom. The number of allylic oxidation sites excluding steroid dienone is 1. The Balaban J connectivity index is 2.67. The smallest absolute Gasteiger partial charge is 0.0820 e. The first kappa shape index (κ1) is 14.5. The number of rotatable bonds is 6. The third-order valence-corrected chi connectivity index (χ3v) is 2.97. The van der Waals surface area contributed by atoms with Crippen molar-refractivity contribution in [1.29, 1.82) is 0 Å². The molecule has 0 N–H and O–H groups in total. The second-order valence-electron chi connectivity index (χ2n) is 5.11. The van der Waals surface area contributed by atoms with Gasteiger partial charge in [0.1, 0.15) is 0 Å². The maximum atomic E-state index is 6.00. The topological polar surface area (TPSA) is 9.23 Å². The Hall–Kier alpha value is -1.52. The fourth-order valence-corrected chi connectivity index (χ4v) is 1.84. The van der Waals surface area contributed by atoms with Gasteiger partial charge in [0.2, 0.25) is 0 Å². The van der Waals surface area contributed by atoms with E-state index >= 15 is 0 Å². The van der Waals surface area contributed by atoms with E-state index in [1.54, 1.807) is 0 Å². The molecule has 1 rings (SSSR count). The Labute approximate surface area is 111 Å². The minimum absolute atomic E-state index is 0.0405.